The van der Waals surface area contributed by atoms with E-state index < -0.39 is 24.5 Å². The van der Waals surface area contributed by atoms with Gasteiger partial charge in [0.1, 0.15) is 16.5 Å². The molecule has 0 atom stereocenters. The molecule has 0 N–H and O–H groups in total. The maximum Gasteiger partial charge on any atom is 0.188 e. The Morgan fingerprint density at radius 3 is 1.88 bits per heavy atom. The molecule has 0 spiro atoms. The van der Waals surface area contributed by atoms with Gasteiger partial charge in [-0.05, 0) is 24.9 Å². The van der Waals surface area contributed by atoms with Crippen LogP contribution in [-0.4, -0.2) is 35.3 Å². The summed E-state index contributed by atoms with van der Waals surface area (Å²) < 4.78 is 2.89. The van der Waals surface area contributed by atoms with E-state index in [0.29, 0.717) is 0 Å². The number of hydrogen-bond donors (Lipinski definition) is 0. The molecule has 0 aromatic heterocycles. The van der Waals surface area contributed by atoms with Crippen molar-refractivity contribution in [2.45, 2.75) is 57.7 Å². The first-order chi connectivity index (χ1) is 11.3. The van der Waals surface area contributed by atoms with E-state index in [1.165, 1.54) is 12.1 Å². The fraction of sp³-hybridized carbons (Fsp3) is 0.500. The summed E-state index contributed by atoms with van der Waals surface area (Å²) in [7, 11) is -4.23. The average Bonchev–Trinajstić information content (AvgIpc) is 3.24. The zero-order chi connectivity index (χ0) is 17.4. The standard InChI is InChI=1S/C20H31NSi3/c1-22(2)17-18-23(3,4)21(22)15-10-16-24(5,19-11-6-7-12-19)20-13-8-9-14-20/h6-9,11,13H,12,14-15,17-18H2,1-5H3. The van der Waals surface area contributed by atoms with E-state index in [0.717, 1.165) is 19.4 Å². The summed E-state index contributed by atoms with van der Waals surface area (Å²) in [6, 6.07) is 2.93. The highest BCUT2D eigenvalue weighted by atomic mass is 28.4. The number of hydrogen-bond acceptors (Lipinski definition) is 1. The Bertz CT molecular complexity index is 652. The zero-order valence-electron chi connectivity index (χ0n) is 15.9. The first-order valence-corrected chi connectivity index (χ1v) is 18.1. The normalized spacial score (nSPS) is 24.7. The Morgan fingerprint density at radius 1 is 0.958 bits per heavy atom. The molecular weight excluding hydrogens is 338 g/mol. The Balaban J connectivity index is 1.83. The van der Waals surface area contributed by atoms with Crippen molar-refractivity contribution in [3.05, 3.63) is 46.8 Å². The lowest BCUT2D eigenvalue weighted by molar-refractivity contribution is 0.715. The number of allylic oxidation sites excluding steroid dienone is 8. The van der Waals surface area contributed by atoms with E-state index in [4.69, 9.17) is 0 Å². The van der Waals surface area contributed by atoms with Crippen molar-refractivity contribution < 1.29 is 0 Å². The second-order valence-corrected chi connectivity index (χ2v) is 22.3. The van der Waals surface area contributed by atoms with Gasteiger partial charge in [-0.25, -0.2) is 0 Å². The van der Waals surface area contributed by atoms with Crippen LogP contribution in [0.15, 0.2) is 46.8 Å². The fourth-order valence-electron chi connectivity index (χ4n) is 4.43. The van der Waals surface area contributed by atoms with Gasteiger partial charge in [-0.15, -0.1) is 5.54 Å². The first-order valence-electron chi connectivity index (χ1n) is 9.26. The van der Waals surface area contributed by atoms with Crippen LogP contribution in [0.25, 0.3) is 0 Å². The third kappa shape index (κ3) is 3.28. The number of rotatable bonds is 3. The van der Waals surface area contributed by atoms with Crippen LogP contribution in [-0.2, 0) is 0 Å². The summed E-state index contributed by atoms with van der Waals surface area (Å²) in [4.78, 5) is 0. The van der Waals surface area contributed by atoms with Gasteiger partial charge >= 0.3 is 0 Å². The summed E-state index contributed by atoms with van der Waals surface area (Å²) in [6.07, 6.45) is 15.9. The molecule has 0 amide bonds. The summed E-state index contributed by atoms with van der Waals surface area (Å²) in [5.41, 5.74) is 3.86. The first kappa shape index (κ1) is 17.9. The molecule has 3 rings (SSSR count). The molecule has 4 heteroatoms. The van der Waals surface area contributed by atoms with Crippen molar-refractivity contribution in [2.24, 2.45) is 0 Å². The predicted molar refractivity (Wildman–Crippen MR) is 114 cm³/mol. The van der Waals surface area contributed by atoms with E-state index in [1.54, 1.807) is 10.4 Å². The minimum Gasteiger partial charge on any atom is -0.335 e. The van der Waals surface area contributed by atoms with E-state index >= 15 is 0 Å². The van der Waals surface area contributed by atoms with E-state index in [9.17, 15) is 0 Å². The van der Waals surface area contributed by atoms with Crippen LogP contribution in [0, 0.1) is 11.5 Å². The third-order valence-corrected chi connectivity index (χ3v) is 20.5. The van der Waals surface area contributed by atoms with Gasteiger partial charge in [0.25, 0.3) is 0 Å². The second-order valence-electron chi connectivity index (χ2n) is 8.79. The third-order valence-electron chi connectivity index (χ3n) is 6.21. The van der Waals surface area contributed by atoms with Crippen molar-refractivity contribution in [3.63, 3.8) is 0 Å². The molecule has 0 bridgehead atoms. The van der Waals surface area contributed by atoms with Gasteiger partial charge in [0.05, 0.1) is 0 Å². The van der Waals surface area contributed by atoms with Crippen LogP contribution in [0.1, 0.15) is 12.8 Å². The van der Waals surface area contributed by atoms with Crippen LogP contribution >= 0.6 is 0 Å². The Morgan fingerprint density at radius 2 is 1.46 bits per heavy atom. The van der Waals surface area contributed by atoms with Gasteiger partial charge in [-0.2, -0.15) is 0 Å². The lowest BCUT2D eigenvalue weighted by Crippen LogP contribution is -2.54. The van der Waals surface area contributed by atoms with Gasteiger partial charge < -0.3 is 4.23 Å². The molecule has 24 heavy (non-hydrogen) atoms. The molecule has 3 aliphatic rings. The van der Waals surface area contributed by atoms with Crippen LogP contribution < -0.4 is 0 Å². The minimum atomic E-state index is -1.81. The van der Waals surface area contributed by atoms with Crippen molar-refractivity contribution in [1.82, 2.24) is 4.23 Å². The topological polar surface area (TPSA) is 3.24 Å². The summed E-state index contributed by atoms with van der Waals surface area (Å²) in [5, 5.41) is 3.19. The molecule has 1 nitrogen and oxygen atoms in total. The van der Waals surface area contributed by atoms with Crippen LogP contribution in [0.3, 0.4) is 0 Å². The van der Waals surface area contributed by atoms with Crippen molar-refractivity contribution in [3.8, 4) is 11.5 Å². The van der Waals surface area contributed by atoms with Gasteiger partial charge in [-0.3, -0.25) is 0 Å². The van der Waals surface area contributed by atoms with Gasteiger partial charge in [-0.1, -0.05) is 85.5 Å². The Labute approximate surface area is 151 Å². The largest absolute Gasteiger partial charge is 0.335 e. The number of nitrogens with zero attached hydrogens (tertiary/aromatic N) is 1. The highest BCUT2D eigenvalue weighted by Gasteiger charge is 2.46. The summed E-state index contributed by atoms with van der Waals surface area (Å²) in [6.45, 7) is 13.6. The predicted octanol–water partition coefficient (Wildman–Crippen LogP) is 5.18. The van der Waals surface area contributed by atoms with Crippen molar-refractivity contribution in [1.29, 1.82) is 0 Å². The lowest BCUT2D eigenvalue weighted by Gasteiger charge is -2.37. The molecule has 0 unspecified atom stereocenters. The molecule has 2 aliphatic carbocycles. The van der Waals surface area contributed by atoms with Gasteiger partial charge in [0.2, 0.25) is 0 Å². The monoisotopic (exact) mass is 369 g/mol. The average molecular weight is 370 g/mol. The molecule has 1 fully saturated rings. The zero-order valence-corrected chi connectivity index (χ0v) is 18.9. The van der Waals surface area contributed by atoms with Crippen molar-refractivity contribution >= 4 is 24.5 Å². The Hall–Kier alpha value is -0.869. The Kier molecular flexibility index (Phi) is 4.82. The van der Waals surface area contributed by atoms with Crippen LogP contribution in [0.2, 0.25) is 44.8 Å². The molecule has 0 aromatic rings. The lowest BCUT2D eigenvalue weighted by atomic mass is 10.5. The van der Waals surface area contributed by atoms with E-state index in [-0.39, 0.29) is 0 Å². The quantitative estimate of drug-likeness (QED) is 0.489. The molecule has 1 aliphatic heterocycles. The molecule has 1 heterocycles. The van der Waals surface area contributed by atoms with E-state index in [1.807, 2.05) is 0 Å². The molecule has 0 saturated carbocycles. The smallest absolute Gasteiger partial charge is 0.188 e. The van der Waals surface area contributed by atoms with Crippen LogP contribution in [0.4, 0.5) is 0 Å². The molecule has 128 valence electrons. The summed E-state index contributed by atoms with van der Waals surface area (Å²) in [5.74, 6) is 3.70. The second kappa shape index (κ2) is 6.45. The maximum absolute atomic E-state index is 3.86. The van der Waals surface area contributed by atoms with Crippen LogP contribution in [0.5, 0.6) is 0 Å². The summed E-state index contributed by atoms with van der Waals surface area (Å²) >= 11 is 0. The molecular formula is C20H31NSi3. The fourth-order valence-corrected chi connectivity index (χ4v) is 21.2. The SMILES string of the molecule is C[Si](C#CCN1[Si](C)(C)CC[Si]1(C)C)(C1=CC=CC1)C1=CC=CC1. The highest BCUT2D eigenvalue weighted by molar-refractivity contribution is 6.98. The van der Waals surface area contributed by atoms with E-state index in [2.05, 4.69) is 84.9 Å². The molecule has 0 aromatic carbocycles. The molecule has 0 radical (unpaired) electrons. The van der Waals surface area contributed by atoms with Gasteiger partial charge in [0.15, 0.2) is 8.07 Å². The maximum atomic E-state index is 3.86. The van der Waals surface area contributed by atoms with Gasteiger partial charge in [0, 0.05) is 6.54 Å². The van der Waals surface area contributed by atoms with Crippen molar-refractivity contribution in [2.75, 3.05) is 6.54 Å². The highest BCUT2D eigenvalue weighted by Crippen LogP contribution is 2.36. The minimum absolute atomic E-state index is 1.02. The molecule has 1 saturated heterocycles.